The molecular weight excluding hydrogens is 318 g/mol. The van der Waals surface area contributed by atoms with Crippen LogP contribution in [0.3, 0.4) is 0 Å². The molecule has 0 bridgehead atoms. The molecule has 0 aliphatic heterocycles. The van der Waals surface area contributed by atoms with Gasteiger partial charge in [0.2, 0.25) is 0 Å². The van der Waals surface area contributed by atoms with Gasteiger partial charge in [0.15, 0.2) is 0 Å². The highest BCUT2D eigenvalue weighted by molar-refractivity contribution is 9.10. The van der Waals surface area contributed by atoms with Gasteiger partial charge in [0, 0.05) is 18.1 Å². The molecule has 1 unspecified atom stereocenters. The molecule has 1 aromatic carbocycles. The van der Waals surface area contributed by atoms with E-state index in [0.29, 0.717) is 19.1 Å². The number of halogens is 1. The fourth-order valence-corrected chi connectivity index (χ4v) is 2.38. The van der Waals surface area contributed by atoms with Gasteiger partial charge in [0.05, 0.1) is 19.3 Å². The summed E-state index contributed by atoms with van der Waals surface area (Å²) in [5.41, 5.74) is 2.45. The first-order valence-corrected chi connectivity index (χ1v) is 7.90. The summed E-state index contributed by atoms with van der Waals surface area (Å²) < 4.78 is 11.9. The molecule has 20 heavy (non-hydrogen) atoms. The van der Waals surface area contributed by atoms with E-state index in [2.05, 4.69) is 53.3 Å². The van der Waals surface area contributed by atoms with Gasteiger partial charge in [-0.1, -0.05) is 41.9 Å². The van der Waals surface area contributed by atoms with Gasteiger partial charge in [-0.25, -0.2) is 0 Å². The summed E-state index contributed by atoms with van der Waals surface area (Å²) >= 11 is 3.62. The zero-order chi connectivity index (χ0) is 15.0. The highest BCUT2D eigenvalue weighted by atomic mass is 79.9. The molecule has 4 heteroatoms. The quantitative estimate of drug-likeness (QED) is 0.740. The van der Waals surface area contributed by atoms with Gasteiger partial charge < -0.3 is 14.8 Å². The van der Waals surface area contributed by atoms with E-state index in [1.807, 2.05) is 6.92 Å². The topological polar surface area (TPSA) is 30.5 Å². The lowest BCUT2D eigenvalue weighted by molar-refractivity contribution is -0.000332. The minimum Gasteiger partial charge on any atom is -0.382 e. The standard InChI is InChI=1S/C16H26BrNO2/c1-12(2)8-18-9-14-5-6-15(16(17)7-14)11-20-13(3)10-19-4/h5-7,12-13,18H,8-11H2,1-4H3. The van der Waals surface area contributed by atoms with E-state index in [1.54, 1.807) is 7.11 Å². The van der Waals surface area contributed by atoms with Crippen molar-refractivity contribution in [2.75, 3.05) is 20.3 Å². The van der Waals surface area contributed by atoms with Crippen molar-refractivity contribution in [1.29, 1.82) is 0 Å². The molecule has 0 saturated heterocycles. The Morgan fingerprint density at radius 1 is 1.25 bits per heavy atom. The second-order valence-electron chi connectivity index (χ2n) is 5.53. The van der Waals surface area contributed by atoms with E-state index >= 15 is 0 Å². The Morgan fingerprint density at radius 3 is 2.60 bits per heavy atom. The second-order valence-corrected chi connectivity index (χ2v) is 6.38. The SMILES string of the molecule is COCC(C)OCc1ccc(CNCC(C)C)cc1Br. The summed E-state index contributed by atoms with van der Waals surface area (Å²) in [6.07, 6.45) is 0.110. The third-order valence-corrected chi connectivity index (χ3v) is 3.66. The zero-order valence-corrected chi connectivity index (χ0v) is 14.5. The normalized spacial score (nSPS) is 12.9. The highest BCUT2D eigenvalue weighted by Gasteiger charge is 2.06. The third-order valence-electron chi connectivity index (χ3n) is 2.92. The van der Waals surface area contributed by atoms with E-state index in [0.717, 1.165) is 17.6 Å². The Labute approximate surface area is 131 Å². The maximum atomic E-state index is 5.73. The Kier molecular flexibility index (Phi) is 8.38. The van der Waals surface area contributed by atoms with Crippen LogP contribution in [-0.2, 0) is 22.6 Å². The average molecular weight is 344 g/mol. The Morgan fingerprint density at radius 2 is 2.00 bits per heavy atom. The smallest absolute Gasteiger partial charge is 0.0784 e. The summed E-state index contributed by atoms with van der Waals surface area (Å²) in [6.45, 7) is 9.60. The number of hydrogen-bond donors (Lipinski definition) is 1. The molecule has 0 saturated carbocycles. The van der Waals surface area contributed by atoms with Crippen LogP contribution < -0.4 is 5.32 Å². The molecule has 0 aliphatic rings. The molecule has 0 amide bonds. The van der Waals surface area contributed by atoms with Gasteiger partial charge >= 0.3 is 0 Å². The highest BCUT2D eigenvalue weighted by Crippen LogP contribution is 2.20. The van der Waals surface area contributed by atoms with Crippen molar-refractivity contribution in [3.05, 3.63) is 33.8 Å². The molecule has 1 N–H and O–H groups in total. The number of rotatable bonds is 9. The van der Waals surface area contributed by atoms with Gasteiger partial charge in [-0.3, -0.25) is 0 Å². The molecule has 0 aliphatic carbocycles. The maximum absolute atomic E-state index is 5.73. The zero-order valence-electron chi connectivity index (χ0n) is 12.9. The largest absolute Gasteiger partial charge is 0.382 e. The summed E-state index contributed by atoms with van der Waals surface area (Å²) in [5, 5.41) is 3.45. The van der Waals surface area contributed by atoms with Gasteiger partial charge in [0.1, 0.15) is 0 Å². The fraction of sp³-hybridized carbons (Fsp3) is 0.625. The van der Waals surface area contributed by atoms with Gasteiger partial charge in [-0.2, -0.15) is 0 Å². The van der Waals surface area contributed by atoms with Crippen molar-refractivity contribution in [3.8, 4) is 0 Å². The molecule has 1 aromatic rings. The van der Waals surface area contributed by atoms with Crippen LogP contribution in [0.5, 0.6) is 0 Å². The molecule has 0 heterocycles. The number of ether oxygens (including phenoxy) is 2. The predicted octanol–water partition coefficient (Wildman–Crippen LogP) is 3.75. The van der Waals surface area contributed by atoms with Crippen LogP contribution in [0.1, 0.15) is 31.9 Å². The first-order valence-electron chi connectivity index (χ1n) is 7.11. The first kappa shape index (κ1) is 17.6. The summed E-state index contributed by atoms with van der Waals surface area (Å²) in [4.78, 5) is 0. The maximum Gasteiger partial charge on any atom is 0.0784 e. The van der Waals surface area contributed by atoms with Crippen LogP contribution in [0.2, 0.25) is 0 Å². The predicted molar refractivity (Wildman–Crippen MR) is 86.8 cm³/mol. The van der Waals surface area contributed by atoms with Crippen LogP contribution in [0.25, 0.3) is 0 Å². The molecule has 1 rings (SSSR count). The van der Waals surface area contributed by atoms with Crippen molar-refractivity contribution in [2.45, 2.75) is 40.0 Å². The van der Waals surface area contributed by atoms with Crippen LogP contribution in [0.4, 0.5) is 0 Å². The van der Waals surface area contributed by atoms with Crippen molar-refractivity contribution >= 4 is 15.9 Å². The van der Waals surface area contributed by atoms with Crippen molar-refractivity contribution in [3.63, 3.8) is 0 Å². The second kappa shape index (κ2) is 9.50. The van der Waals surface area contributed by atoms with Crippen LogP contribution >= 0.6 is 15.9 Å². The van der Waals surface area contributed by atoms with Crippen molar-refractivity contribution in [2.24, 2.45) is 5.92 Å². The van der Waals surface area contributed by atoms with Gasteiger partial charge in [-0.15, -0.1) is 0 Å². The van der Waals surface area contributed by atoms with Gasteiger partial charge in [-0.05, 0) is 36.6 Å². The summed E-state index contributed by atoms with van der Waals surface area (Å²) in [5.74, 6) is 0.674. The third kappa shape index (κ3) is 6.84. The summed E-state index contributed by atoms with van der Waals surface area (Å²) in [7, 11) is 1.69. The lowest BCUT2D eigenvalue weighted by Crippen LogP contribution is -2.19. The molecule has 3 nitrogen and oxygen atoms in total. The van der Waals surface area contributed by atoms with Crippen molar-refractivity contribution < 1.29 is 9.47 Å². The van der Waals surface area contributed by atoms with E-state index < -0.39 is 0 Å². The first-order chi connectivity index (χ1) is 9.52. The van der Waals surface area contributed by atoms with E-state index in [-0.39, 0.29) is 6.10 Å². The van der Waals surface area contributed by atoms with E-state index in [9.17, 15) is 0 Å². The number of benzene rings is 1. The molecular formula is C16H26BrNO2. The Balaban J connectivity index is 2.46. The lowest BCUT2D eigenvalue weighted by Gasteiger charge is -2.14. The molecule has 0 aromatic heterocycles. The lowest BCUT2D eigenvalue weighted by atomic mass is 10.1. The molecule has 0 spiro atoms. The minimum absolute atomic E-state index is 0.110. The molecule has 0 radical (unpaired) electrons. The van der Waals surface area contributed by atoms with Crippen LogP contribution in [0.15, 0.2) is 22.7 Å². The molecule has 114 valence electrons. The molecule has 0 fully saturated rings. The molecule has 1 atom stereocenters. The van der Waals surface area contributed by atoms with Crippen LogP contribution in [-0.4, -0.2) is 26.4 Å². The fourth-order valence-electron chi connectivity index (χ4n) is 1.84. The Bertz CT molecular complexity index is 396. The van der Waals surface area contributed by atoms with E-state index in [4.69, 9.17) is 9.47 Å². The number of hydrogen-bond acceptors (Lipinski definition) is 3. The number of nitrogens with one attached hydrogen (secondary N) is 1. The average Bonchev–Trinajstić information content (AvgIpc) is 2.37. The monoisotopic (exact) mass is 343 g/mol. The minimum atomic E-state index is 0.110. The summed E-state index contributed by atoms with van der Waals surface area (Å²) in [6, 6.07) is 6.43. The Hall–Kier alpha value is -0.420. The van der Waals surface area contributed by atoms with E-state index in [1.165, 1.54) is 11.1 Å². The van der Waals surface area contributed by atoms with Gasteiger partial charge in [0.25, 0.3) is 0 Å². The van der Waals surface area contributed by atoms with Crippen molar-refractivity contribution in [1.82, 2.24) is 5.32 Å². The number of methoxy groups -OCH3 is 1. The van der Waals surface area contributed by atoms with Crippen LogP contribution in [0, 0.1) is 5.92 Å².